The summed E-state index contributed by atoms with van der Waals surface area (Å²) in [4.78, 5) is 0. The van der Waals surface area contributed by atoms with Crippen LogP contribution in [0.3, 0.4) is 0 Å². The van der Waals surface area contributed by atoms with Crippen molar-refractivity contribution in [3.05, 3.63) is 0 Å². The highest BCUT2D eigenvalue weighted by Crippen LogP contribution is 2.29. The van der Waals surface area contributed by atoms with E-state index in [0.717, 1.165) is 18.0 Å². The fourth-order valence-electron chi connectivity index (χ4n) is 3.25. The molecule has 0 aromatic carbocycles. The molecule has 0 aromatic rings. The first kappa shape index (κ1) is 10.5. The van der Waals surface area contributed by atoms with E-state index in [0.29, 0.717) is 0 Å². The van der Waals surface area contributed by atoms with Crippen LogP contribution in [0, 0.1) is 5.92 Å². The first-order chi connectivity index (χ1) is 6.84. The SMILES string of the molecule is CC1CCCC(CC2CCCCC2)N1. The van der Waals surface area contributed by atoms with Crippen LogP contribution in [0.1, 0.15) is 64.7 Å². The number of rotatable bonds is 2. The van der Waals surface area contributed by atoms with Crippen LogP contribution in [0.2, 0.25) is 0 Å². The molecule has 2 fully saturated rings. The molecule has 1 N–H and O–H groups in total. The maximum absolute atomic E-state index is 3.76. The summed E-state index contributed by atoms with van der Waals surface area (Å²) in [5, 5.41) is 3.76. The molecule has 1 saturated heterocycles. The van der Waals surface area contributed by atoms with Gasteiger partial charge in [0.1, 0.15) is 0 Å². The van der Waals surface area contributed by atoms with Gasteiger partial charge in [0.15, 0.2) is 0 Å². The van der Waals surface area contributed by atoms with E-state index < -0.39 is 0 Å². The van der Waals surface area contributed by atoms with Crippen LogP contribution < -0.4 is 5.32 Å². The molecule has 1 nitrogen and oxygen atoms in total. The zero-order valence-corrected chi connectivity index (χ0v) is 9.60. The van der Waals surface area contributed by atoms with Crippen molar-refractivity contribution in [2.45, 2.75) is 76.8 Å². The van der Waals surface area contributed by atoms with Crippen molar-refractivity contribution in [3.63, 3.8) is 0 Å². The van der Waals surface area contributed by atoms with Gasteiger partial charge in [0.2, 0.25) is 0 Å². The smallest absolute Gasteiger partial charge is 0.00721 e. The van der Waals surface area contributed by atoms with E-state index in [9.17, 15) is 0 Å². The molecular weight excluding hydrogens is 170 g/mol. The van der Waals surface area contributed by atoms with E-state index in [-0.39, 0.29) is 0 Å². The monoisotopic (exact) mass is 195 g/mol. The molecule has 0 amide bonds. The van der Waals surface area contributed by atoms with E-state index in [4.69, 9.17) is 0 Å². The predicted octanol–water partition coefficient (Wildman–Crippen LogP) is 3.49. The highest BCUT2D eigenvalue weighted by Gasteiger charge is 2.22. The lowest BCUT2D eigenvalue weighted by Gasteiger charge is -2.32. The lowest BCUT2D eigenvalue weighted by Crippen LogP contribution is -2.41. The Morgan fingerprint density at radius 2 is 1.71 bits per heavy atom. The summed E-state index contributed by atoms with van der Waals surface area (Å²) in [5.74, 6) is 1.05. The number of hydrogen-bond donors (Lipinski definition) is 1. The standard InChI is InChI=1S/C13H25N/c1-11-6-5-9-13(14-11)10-12-7-3-2-4-8-12/h11-14H,2-10H2,1H3. The second-order valence-electron chi connectivity index (χ2n) is 5.44. The zero-order valence-electron chi connectivity index (χ0n) is 9.60. The van der Waals surface area contributed by atoms with Gasteiger partial charge in [-0.25, -0.2) is 0 Å². The maximum Gasteiger partial charge on any atom is 0.00721 e. The summed E-state index contributed by atoms with van der Waals surface area (Å²) in [6.07, 6.45) is 13.2. The van der Waals surface area contributed by atoms with Crippen molar-refractivity contribution in [1.82, 2.24) is 5.32 Å². The van der Waals surface area contributed by atoms with Gasteiger partial charge in [-0.1, -0.05) is 38.5 Å². The van der Waals surface area contributed by atoms with Gasteiger partial charge in [0, 0.05) is 12.1 Å². The predicted molar refractivity (Wildman–Crippen MR) is 61.4 cm³/mol. The third-order valence-electron chi connectivity index (χ3n) is 4.05. The average molecular weight is 195 g/mol. The molecular formula is C13H25N. The van der Waals surface area contributed by atoms with Gasteiger partial charge in [0.05, 0.1) is 0 Å². The highest BCUT2D eigenvalue weighted by molar-refractivity contribution is 4.80. The molecule has 1 aliphatic carbocycles. The summed E-state index contributed by atoms with van der Waals surface area (Å²) in [6, 6.07) is 1.62. The molecule has 82 valence electrons. The van der Waals surface area contributed by atoms with Crippen molar-refractivity contribution < 1.29 is 0 Å². The minimum Gasteiger partial charge on any atom is -0.311 e. The Morgan fingerprint density at radius 1 is 0.929 bits per heavy atom. The zero-order chi connectivity index (χ0) is 9.80. The minimum absolute atomic E-state index is 0.775. The van der Waals surface area contributed by atoms with Crippen LogP contribution in [-0.4, -0.2) is 12.1 Å². The molecule has 2 atom stereocenters. The molecule has 0 spiro atoms. The van der Waals surface area contributed by atoms with E-state index in [1.807, 2.05) is 0 Å². The molecule has 1 heteroatoms. The van der Waals surface area contributed by atoms with Gasteiger partial charge in [0.25, 0.3) is 0 Å². The Bertz CT molecular complexity index is 161. The van der Waals surface area contributed by atoms with Crippen LogP contribution in [0.4, 0.5) is 0 Å². The molecule has 1 heterocycles. The van der Waals surface area contributed by atoms with E-state index in [1.54, 1.807) is 0 Å². The van der Waals surface area contributed by atoms with Crippen LogP contribution in [0.15, 0.2) is 0 Å². The molecule has 2 rings (SSSR count). The average Bonchev–Trinajstić information content (AvgIpc) is 2.19. The van der Waals surface area contributed by atoms with Crippen molar-refractivity contribution >= 4 is 0 Å². The summed E-state index contributed by atoms with van der Waals surface area (Å²) < 4.78 is 0. The molecule has 1 aliphatic heterocycles. The highest BCUT2D eigenvalue weighted by atomic mass is 15.0. The van der Waals surface area contributed by atoms with Gasteiger partial charge in [-0.15, -0.1) is 0 Å². The number of hydrogen-bond acceptors (Lipinski definition) is 1. The molecule has 14 heavy (non-hydrogen) atoms. The summed E-state index contributed by atoms with van der Waals surface area (Å²) >= 11 is 0. The first-order valence-electron chi connectivity index (χ1n) is 6.60. The van der Waals surface area contributed by atoms with Crippen LogP contribution in [-0.2, 0) is 0 Å². The molecule has 0 bridgehead atoms. The van der Waals surface area contributed by atoms with Crippen molar-refractivity contribution in [2.75, 3.05) is 0 Å². The van der Waals surface area contributed by atoms with Crippen LogP contribution in [0.5, 0.6) is 0 Å². The Kier molecular flexibility index (Phi) is 3.86. The van der Waals surface area contributed by atoms with Gasteiger partial charge in [-0.2, -0.15) is 0 Å². The van der Waals surface area contributed by atoms with Gasteiger partial charge < -0.3 is 5.32 Å². The molecule has 1 saturated carbocycles. The topological polar surface area (TPSA) is 12.0 Å². The van der Waals surface area contributed by atoms with Crippen molar-refractivity contribution in [3.8, 4) is 0 Å². The molecule has 2 unspecified atom stereocenters. The fraction of sp³-hybridized carbons (Fsp3) is 1.00. The normalized spacial score (nSPS) is 35.8. The lowest BCUT2D eigenvalue weighted by molar-refractivity contribution is 0.250. The Balaban J connectivity index is 1.72. The maximum atomic E-state index is 3.76. The quantitative estimate of drug-likeness (QED) is 0.711. The first-order valence-corrected chi connectivity index (χ1v) is 6.60. The summed E-state index contributed by atoms with van der Waals surface area (Å²) in [5.41, 5.74) is 0. The van der Waals surface area contributed by atoms with Crippen LogP contribution in [0.25, 0.3) is 0 Å². The third kappa shape index (κ3) is 2.98. The molecule has 0 radical (unpaired) electrons. The lowest BCUT2D eigenvalue weighted by atomic mass is 9.82. The number of piperidine rings is 1. The number of nitrogens with one attached hydrogen (secondary N) is 1. The Labute approximate surface area is 88.7 Å². The fourth-order valence-corrected chi connectivity index (χ4v) is 3.25. The van der Waals surface area contributed by atoms with E-state index in [1.165, 1.54) is 57.8 Å². The summed E-state index contributed by atoms with van der Waals surface area (Å²) in [7, 11) is 0. The molecule has 2 aliphatic rings. The Hall–Kier alpha value is -0.0400. The van der Waals surface area contributed by atoms with Crippen molar-refractivity contribution in [2.24, 2.45) is 5.92 Å². The van der Waals surface area contributed by atoms with Gasteiger partial charge in [-0.05, 0) is 32.1 Å². The second-order valence-corrected chi connectivity index (χ2v) is 5.44. The van der Waals surface area contributed by atoms with E-state index >= 15 is 0 Å². The third-order valence-corrected chi connectivity index (χ3v) is 4.05. The van der Waals surface area contributed by atoms with Gasteiger partial charge in [-0.3, -0.25) is 0 Å². The Morgan fingerprint density at radius 3 is 2.43 bits per heavy atom. The van der Waals surface area contributed by atoms with Crippen LogP contribution >= 0.6 is 0 Å². The van der Waals surface area contributed by atoms with Crippen molar-refractivity contribution in [1.29, 1.82) is 0 Å². The van der Waals surface area contributed by atoms with Gasteiger partial charge >= 0.3 is 0 Å². The molecule has 0 aromatic heterocycles. The minimum atomic E-state index is 0.775. The van der Waals surface area contributed by atoms with E-state index in [2.05, 4.69) is 12.2 Å². The summed E-state index contributed by atoms with van der Waals surface area (Å²) in [6.45, 7) is 2.34. The second kappa shape index (κ2) is 5.16. The largest absolute Gasteiger partial charge is 0.311 e.